The van der Waals surface area contributed by atoms with Gasteiger partial charge >= 0.3 is 11.8 Å². The van der Waals surface area contributed by atoms with Crippen LogP contribution in [0.5, 0.6) is 0 Å². The molecule has 1 unspecified atom stereocenters. The lowest BCUT2D eigenvalue weighted by molar-refractivity contribution is -0.141. The first-order valence-electron chi connectivity index (χ1n) is 7.07. The minimum atomic E-state index is -0.849. The minimum absolute atomic E-state index is 0.103. The van der Waals surface area contributed by atoms with Gasteiger partial charge in [0.25, 0.3) is 0 Å². The summed E-state index contributed by atoms with van der Waals surface area (Å²) in [5, 5.41) is 2.55. The van der Waals surface area contributed by atoms with Gasteiger partial charge < -0.3 is 5.32 Å². The highest BCUT2D eigenvalue weighted by atomic mass is 16.2. The molecular weight excluding hydrogens is 270 g/mol. The smallest absolute Gasteiger partial charge is 0.327 e. The lowest BCUT2D eigenvalue weighted by atomic mass is 9.96. The van der Waals surface area contributed by atoms with E-state index in [1.165, 1.54) is 0 Å². The fourth-order valence-corrected chi connectivity index (χ4v) is 2.00. The first-order chi connectivity index (χ1) is 10.1. The topological polar surface area (TPSA) is 87.3 Å². The first kappa shape index (κ1) is 15.0. The summed E-state index contributed by atoms with van der Waals surface area (Å²) in [4.78, 5) is 35.0. The Morgan fingerprint density at radius 3 is 2.33 bits per heavy atom. The van der Waals surface area contributed by atoms with Crippen LogP contribution in [0.4, 0.5) is 0 Å². The van der Waals surface area contributed by atoms with Gasteiger partial charge in [0.05, 0.1) is 5.92 Å². The van der Waals surface area contributed by atoms with E-state index in [1.807, 2.05) is 37.3 Å². The molecule has 1 aromatic rings. The van der Waals surface area contributed by atoms with E-state index in [0.717, 1.165) is 18.4 Å². The molecule has 2 rings (SSSR count). The number of hydrogen-bond acceptors (Lipinski definition) is 3. The van der Waals surface area contributed by atoms with Crippen molar-refractivity contribution in [3.63, 3.8) is 0 Å². The van der Waals surface area contributed by atoms with E-state index >= 15 is 0 Å². The van der Waals surface area contributed by atoms with Gasteiger partial charge in [0.15, 0.2) is 0 Å². The lowest BCUT2D eigenvalue weighted by Gasteiger charge is -2.15. The third-order valence-electron chi connectivity index (χ3n) is 3.34. The molecule has 1 aliphatic rings. The zero-order valence-corrected chi connectivity index (χ0v) is 11.9. The molecule has 1 saturated carbocycles. The SMILES string of the molecule is CCC(C(=O)NNC(=O)C(=O)NC1CC1)c1ccccc1. The number of carbonyl (C=O) groups excluding carboxylic acids is 3. The molecule has 3 amide bonds. The van der Waals surface area contributed by atoms with Crippen LogP contribution >= 0.6 is 0 Å². The predicted octanol–water partition coefficient (Wildman–Crippen LogP) is 0.606. The minimum Gasteiger partial charge on any atom is -0.345 e. The van der Waals surface area contributed by atoms with E-state index in [2.05, 4.69) is 16.2 Å². The fourth-order valence-electron chi connectivity index (χ4n) is 2.00. The third-order valence-corrected chi connectivity index (χ3v) is 3.34. The number of benzene rings is 1. The molecule has 0 bridgehead atoms. The molecule has 1 aromatic carbocycles. The summed E-state index contributed by atoms with van der Waals surface area (Å²) in [7, 11) is 0. The van der Waals surface area contributed by atoms with Crippen LogP contribution in [-0.2, 0) is 14.4 Å². The Kier molecular flexibility index (Phi) is 4.92. The number of nitrogens with one attached hydrogen (secondary N) is 3. The largest absolute Gasteiger partial charge is 0.345 e. The predicted molar refractivity (Wildman–Crippen MR) is 76.9 cm³/mol. The van der Waals surface area contributed by atoms with E-state index in [4.69, 9.17) is 0 Å². The van der Waals surface area contributed by atoms with E-state index in [0.29, 0.717) is 6.42 Å². The standard InChI is InChI=1S/C15H19N3O3/c1-2-12(10-6-4-3-5-7-10)13(19)17-18-15(21)14(20)16-11-8-9-11/h3-7,11-12H,2,8-9H2,1H3,(H,16,20)(H,17,19)(H,18,21). The van der Waals surface area contributed by atoms with Gasteiger partial charge in [-0.1, -0.05) is 37.3 Å². The van der Waals surface area contributed by atoms with Crippen LogP contribution in [0.1, 0.15) is 37.7 Å². The van der Waals surface area contributed by atoms with Crippen molar-refractivity contribution in [1.29, 1.82) is 0 Å². The quantitative estimate of drug-likeness (QED) is 0.560. The molecule has 1 aliphatic carbocycles. The molecule has 1 fully saturated rings. The van der Waals surface area contributed by atoms with E-state index in [1.54, 1.807) is 0 Å². The Hall–Kier alpha value is -2.37. The van der Waals surface area contributed by atoms with E-state index < -0.39 is 11.8 Å². The molecule has 0 spiro atoms. The van der Waals surface area contributed by atoms with Gasteiger partial charge in [0.2, 0.25) is 5.91 Å². The van der Waals surface area contributed by atoms with Crippen molar-refractivity contribution in [3.8, 4) is 0 Å². The highest BCUT2D eigenvalue weighted by molar-refractivity contribution is 6.35. The Morgan fingerprint density at radius 1 is 1.10 bits per heavy atom. The maximum absolute atomic E-state index is 12.1. The Morgan fingerprint density at radius 2 is 1.76 bits per heavy atom. The van der Waals surface area contributed by atoms with Crippen molar-refractivity contribution >= 4 is 17.7 Å². The van der Waals surface area contributed by atoms with Crippen LogP contribution in [0.15, 0.2) is 30.3 Å². The van der Waals surface area contributed by atoms with Crippen molar-refractivity contribution in [2.24, 2.45) is 0 Å². The monoisotopic (exact) mass is 289 g/mol. The van der Waals surface area contributed by atoms with Gasteiger partial charge in [0.1, 0.15) is 0 Å². The molecule has 3 N–H and O–H groups in total. The number of hydrogen-bond donors (Lipinski definition) is 3. The normalized spacial score (nSPS) is 14.9. The van der Waals surface area contributed by atoms with Crippen LogP contribution in [0.25, 0.3) is 0 Å². The zero-order chi connectivity index (χ0) is 15.2. The highest BCUT2D eigenvalue weighted by Gasteiger charge is 2.27. The molecule has 0 heterocycles. The van der Waals surface area contributed by atoms with Gasteiger partial charge in [0, 0.05) is 6.04 Å². The summed E-state index contributed by atoms with van der Waals surface area (Å²) in [6.45, 7) is 1.89. The molecule has 1 atom stereocenters. The molecule has 0 radical (unpaired) electrons. The fraction of sp³-hybridized carbons (Fsp3) is 0.400. The van der Waals surface area contributed by atoms with Gasteiger partial charge in [-0.15, -0.1) is 0 Å². The Balaban J connectivity index is 1.84. The van der Waals surface area contributed by atoms with E-state index in [-0.39, 0.29) is 17.9 Å². The van der Waals surface area contributed by atoms with Crippen LogP contribution in [0.3, 0.4) is 0 Å². The van der Waals surface area contributed by atoms with Crippen LogP contribution in [-0.4, -0.2) is 23.8 Å². The summed E-state index contributed by atoms with van der Waals surface area (Å²) in [6.07, 6.45) is 2.40. The molecular formula is C15H19N3O3. The molecule has 0 aromatic heterocycles. The summed E-state index contributed by atoms with van der Waals surface area (Å²) in [5.74, 6) is -2.27. The molecule has 21 heavy (non-hydrogen) atoms. The van der Waals surface area contributed by atoms with Crippen molar-refractivity contribution in [3.05, 3.63) is 35.9 Å². The molecule has 6 nitrogen and oxygen atoms in total. The van der Waals surface area contributed by atoms with Crippen molar-refractivity contribution in [2.45, 2.75) is 38.1 Å². The van der Waals surface area contributed by atoms with Crippen LogP contribution in [0.2, 0.25) is 0 Å². The Labute approximate surface area is 123 Å². The third kappa shape index (κ3) is 4.30. The van der Waals surface area contributed by atoms with E-state index in [9.17, 15) is 14.4 Å². The second kappa shape index (κ2) is 6.88. The second-order valence-corrected chi connectivity index (χ2v) is 5.06. The van der Waals surface area contributed by atoms with Gasteiger partial charge in [-0.25, -0.2) is 0 Å². The summed E-state index contributed by atoms with van der Waals surface area (Å²) >= 11 is 0. The summed E-state index contributed by atoms with van der Waals surface area (Å²) in [6, 6.07) is 9.40. The van der Waals surface area contributed by atoms with Gasteiger partial charge in [-0.05, 0) is 24.8 Å². The second-order valence-electron chi connectivity index (χ2n) is 5.06. The molecule has 112 valence electrons. The van der Waals surface area contributed by atoms with Gasteiger partial charge in [-0.3, -0.25) is 25.2 Å². The summed E-state index contributed by atoms with van der Waals surface area (Å²) in [5.41, 5.74) is 5.33. The van der Waals surface area contributed by atoms with Crippen molar-refractivity contribution < 1.29 is 14.4 Å². The first-order valence-corrected chi connectivity index (χ1v) is 7.07. The van der Waals surface area contributed by atoms with Crippen LogP contribution in [0, 0.1) is 0 Å². The number of carbonyl (C=O) groups is 3. The maximum atomic E-state index is 12.1. The lowest BCUT2D eigenvalue weighted by Crippen LogP contribution is -2.50. The number of hydrazine groups is 1. The molecule has 0 aliphatic heterocycles. The molecule has 0 saturated heterocycles. The number of amides is 3. The highest BCUT2D eigenvalue weighted by Crippen LogP contribution is 2.19. The summed E-state index contributed by atoms with van der Waals surface area (Å²) < 4.78 is 0. The number of rotatable bonds is 4. The average molecular weight is 289 g/mol. The van der Waals surface area contributed by atoms with Crippen molar-refractivity contribution in [1.82, 2.24) is 16.2 Å². The molecule has 6 heteroatoms. The Bertz CT molecular complexity index is 526. The van der Waals surface area contributed by atoms with Crippen molar-refractivity contribution in [2.75, 3.05) is 0 Å². The van der Waals surface area contributed by atoms with Crippen LogP contribution < -0.4 is 16.2 Å². The van der Waals surface area contributed by atoms with Gasteiger partial charge in [-0.2, -0.15) is 0 Å². The maximum Gasteiger partial charge on any atom is 0.327 e. The zero-order valence-electron chi connectivity index (χ0n) is 11.9. The average Bonchev–Trinajstić information content (AvgIpc) is 3.30.